The normalized spacial score (nSPS) is 13.9. The van der Waals surface area contributed by atoms with E-state index in [0.717, 1.165) is 50.1 Å². The van der Waals surface area contributed by atoms with Crippen LogP contribution >= 0.6 is 0 Å². The van der Waals surface area contributed by atoms with Gasteiger partial charge in [-0.1, -0.05) is 173 Å². The first kappa shape index (κ1) is 40.6. The summed E-state index contributed by atoms with van der Waals surface area (Å²) >= 11 is 0. The van der Waals surface area contributed by atoms with E-state index in [-0.39, 0.29) is 10.8 Å². The van der Waals surface area contributed by atoms with Crippen LogP contribution in [0.2, 0.25) is 0 Å². The van der Waals surface area contributed by atoms with Crippen LogP contribution in [0.3, 0.4) is 0 Å². The Morgan fingerprint density at radius 1 is 0.286 bits per heavy atom. The SMILES string of the molecule is CC1(C)c2cc(-c3ccc4ccccc4c3)ccc2-c2ccc(N(c3ccc(-c4ccc5oc6ccccc6c5c4)cc3)c3ccc4c(c3)C(C)(C)c3cc(-c5ccc6ccccc6c5)ccc3-4)cc21. The van der Waals surface area contributed by atoms with E-state index in [1.807, 2.05) is 12.1 Å². The molecule has 0 saturated carbocycles. The molecule has 1 aromatic heterocycles. The molecule has 0 spiro atoms. The predicted octanol–water partition coefficient (Wildman–Crippen LogP) is 19.0. The molecule has 0 bridgehead atoms. The topological polar surface area (TPSA) is 16.4 Å². The minimum Gasteiger partial charge on any atom is -0.456 e. The van der Waals surface area contributed by atoms with Gasteiger partial charge in [-0.25, -0.2) is 0 Å². The fraction of sp³-hybridized carbons (Fsp3) is 0.0882. The lowest BCUT2D eigenvalue weighted by Crippen LogP contribution is -2.18. The van der Waals surface area contributed by atoms with Gasteiger partial charge in [0.15, 0.2) is 0 Å². The van der Waals surface area contributed by atoms with Crippen molar-refractivity contribution in [1.82, 2.24) is 0 Å². The van der Waals surface area contributed by atoms with Crippen LogP contribution in [0.5, 0.6) is 0 Å². The number of furan rings is 1. The first-order valence-corrected chi connectivity index (χ1v) is 24.5. The molecule has 0 fully saturated rings. The molecular weight excluding hydrogens is 847 g/mol. The molecule has 0 atom stereocenters. The van der Waals surface area contributed by atoms with Gasteiger partial charge in [0, 0.05) is 38.7 Å². The highest BCUT2D eigenvalue weighted by Gasteiger charge is 2.38. The number of nitrogens with zero attached hydrogens (tertiary/aromatic N) is 1. The molecule has 0 radical (unpaired) electrons. The van der Waals surface area contributed by atoms with Gasteiger partial charge in [0.2, 0.25) is 0 Å². The van der Waals surface area contributed by atoms with Crippen LogP contribution in [-0.2, 0) is 10.8 Å². The summed E-state index contributed by atoms with van der Waals surface area (Å²) in [5.41, 5.74) is 22.7. The van der Waals surface area contributed by atoms with Gasteiger partial charge in [-0.2, -0.15) is 0 Å². The van der Waals surface area contributed by atoms with Crippen LogP contribution in [0.1, 0.15) is 49.9 Å². The average molecular weight is 896 g/mol. The minimum absolute atomic E-state index is 0.219. The maximum Gasteiger partial charge on any atom is 0.135 e. The molecule has 332 valence electrons. The maximum absolute atomic E-state index is 6.20. The summed E-state index contributed by atoms with van der Waals surface area (Å²) in [6.07, 6.45) is 0. The zero-order chi connectivity index (χ0) is 46.9. The number of fused-ring (bicyclic) bond motifs is 11. The molecule has 70 heavy (non-hydrogen) atoms. The molecule has 14 rings (SSSR count). The Labute approximate surface area is 408 Å². The van der Waals surface area contributed by atoms with E-state index in [1.165, 1.54) is 88.3 Å². The Morgan fingerprint density at radius 2 is 0.671 bits per heavy atom. The van der Waals surface area contributed by atoms with E-state index < -0.39 is 0 Å². The van der Waals surface area contributed by atoms with Crippen LogP contribution in [0.15, 0.2) is 229 Å². The third kappa shape index (κ3) is 6.19. The third-order valence-corrected chi connectivity index (χ3v) is 15.8. The molecule has 11 aromatic carbocycles. The highest BCUT2D eigenvalue weighted by Crippen LogP contribution is 2.54. The second kappa shape index (κ2) is 15.0. The number of hydrogen-bond donors (Lipinski definition) is 0. The molecule has 0 amide bonds. The fourth-order valence-corrected chi connectivity index (χ4v) is 12.0. The Balaban J connectivity index is 0.871. The van der Waals surface area contributed by atoms with E-state index in [1.54, 1.807) is 0 Å². The maximum atomic E-state index is 6.20. The molecule has 0 saturated heterocycles. The lowest BCUT2D eigenvalue weighted by molar-refractivity contribution is 0.660. The van der Waals surface area contributed by atoms with Crippen LogP contribution in [0.4, 0.5) is 17.1 Å². The fourth-order valence-electron chi connectivity index (χ4n) is 12.0. The lowest BCUT2D eigenvalue weighted by Gasteiger charge is -2.30. The molecule has 2 heteroatoms. The standard InChI is InChI=1S/C68H49NO/c1-67(2)61-38-50(47-19-17-42-11-5-7-13-45(42)35-47)23-30-55(61)57-32-28-53(40-63(57)67)69(52-26-21-44(22-27-52)49-25-34-66-60(37-49)59-15-9-10-16-65(59)70-66)54-29-33-58-56-31-24-51(39-62(56)68(3,4)64(58)41-54)48-20-18-43-12-6-8-14-46(43)36-48/h5-41H,1-4H3. The number of para-hydroxylation sites is 1. The van der Waals surface area contributed by atoms with E-state index in [0.29, 0.717) is 0 Å². The summed E-state index contributed by atoms with van der Waals surface area (Å²) in [4.78, 5) is 2.47. The van der Waals surface area contributed by atoms with Gasteiger partial charge in [0.25, 0.3) is 0 Å². The van der Waals surface area contributed by atoms with Gasteiger partial charge in [0.1, 0.15) is 11.2 Å². The zero-order valence-corrected chi connectivity index (χ0v) is 39.7. The van der Waals surface area contributed by atoms with Crippen molar-refractivity contribution >= 4 is 60.5 Å². The van der Waals surface area contributed by atoms with Gasteiger partial charge in [-0.15, -0.1) is 0 Å². The molecule has 0 aliphatic heterocycles. The molecule has 0 N–H and O–H groups in total. The highest BCUT2D eigenvalue weighted by atomic mass is 16.3. The summed E-state index contributed by atoms with van der Waals surface area (Å²) < 4.78 is 6.20. The second-order valence-electron chi connectivity index (χ2n) is 20.5. The summed E-state index contributed by atoms with van der Waals surface area (Å²) in [6.45, 7) is 9.58. The molecular formula is C68H49NO. The van der Waals surface area contributed by atoms with Crippen molar-refractivity contribution in [3.05, 3.63) is 247 Å². The van der Waals surface area contributed by atoms with Crippen molar-refractivity contribution < 1.29 is 4.42 Å². The lowest BCUT2D eigenvalue weighted by atomic mass is 9.81. The quantitative estimate of drug-likeness (QED) is 0.165. The molecule has 12 aromatic rings. The van der Waals surface area contributed by atoms with Gasteiger partial charge in [-0.05, 0) is 178 Å². The van der Waals surface area contributed by atoms with Gasteiger partial charge in [0.05, 0.1) is 0 Å². The predicted molar refractivity (Wildman–Crippen MR) is 295 cm³/mol. The van der Waals surface area contributed by atoms with E-state index >= 15 is 0 Å². The Morgan fingerprint density at radius 3 is 1.23 bits per heavy atom. The van der Waals surface area contributed by atoms with Crippen LogP contribution in [0.25, 0.3) is 99.1 Å². The number of rotatable bonds is 6. The average Bonchev–Trinajstić information content (AvgIpc) is 3.97. The third-order valence-electron chi connectivity index (χ3n) is 15.8. The van der Waals surface area contributed by atoms with Crippen molar-refractivity contribution in [2.75, 3.05) is 4.90 Å². The number of hydrogen-bond acceptors (Lipinski definition) is 2. The van der Waals surface area contributed by atoms with E-state index in [4.69, 9.17) is 4.42 Å². The second-order valence-corrected chi connectivity index (χ2v) is 20.5. The Hall–Kier alpha value is -8.46. The number of benzene rings is 11. The minimum atomic E-state index is -0.219. The zero-order valence-electron chi connectivity index (χ0n) is 39.7. The summed E-state index contributed by atoms with van der Waals surface area (Å²) in [5, 5.41) is 7.32. The van der Waals surface area contributed by atoms with Crippen molar-refractivity contribution in [1.29, 1.82) is 0 Å². The summed E-state index contributed by atoms with van der Waals surface area (Å²) in [5.74, 6) is 0. The molecule has 0 unspecified atom stereocenters. The summed E-state index contributed by atoms with van der Waals surface area (Å²) in [6, 6.07) is 83.4. The van der Waals surface area contributed by atoms with Crippen LogP contribution in [-0.4, -0.2) is 0 Å². The largest absolute Gasteiger partial charge is 0.456 e. The first-order chi connectivity index (χ1) is 34.2. The Kier molecular flexibility index (Phi) is 8.71. The Bertz CT molecular complexity index is 3940. The molecule has 1 heterocycles. The van der Waals surface area contributed by atoms with E-state index in [2.05, 4.69) is 245 Å². The molecule has 2 aliphatic rings. The van der Waals surface area contributed by atoms with Gasteiger partial charge >= 0.3 is 0 Å². The summed E-state index contributed by atoms with van der Waals surface area (Å²) in [7, 11) is 0. The van der Waals surface area contributed by atoms with Crippen molar-refractivity contribution in [3.63, 3.8) is 0 Å². The van der Waals surface area contributed by atoms with Crippen molar-refractivity contribution in [3.8, 4) is 55.6 Å². The van der Waals surface area contributed by atoms with Crippen LogP contribution < -0.4 is 4.90 Å². The first-order valence-electron chi connectivity index (χ1n) is 24.5. The number of anilines is 3. The van der Waals surface area contributed by atoms with Gasteiger partial charge in [-0.3, -0.25) is 0 Å². The van der Waals surface area contributed by atoms with Crippen molar-refractivity contribution in [2.24, 2.45) is 0 Å². The highest BCUT2D eigenvalue weighted by molar-refractivity contribution is 6.06. The van der Waals surface area contributed by atoms with Gasteiger partial charge < -0.3 is 9.32 Å². The monoisotopic (exact) mass is 895 g/mol. The van der Waals surface area contributed by atoms with E-state index in [9.17, 15) is 0 Å². The molecule has 2 nitrogen and oxygen atoms in total. The molecule has 2 aliphatic carbocycles. The smallest absolute Gasteiger partial charge is 0.135 e. The van der Waals surface area contributed by atoms with Crippen molar-refractivity contribution in [2.45, 2.75) is 38.5 Å². The van der Waals surface area contributed by atoms with Crippen LogP contribution in [0, 0.1) is 0 Å².